The second-order valence-corrected chi connectivity index (χ2v) is 6.44. The largest absolute Gasteiger partial charge is 0.352 e. The van der Waals surface area contributed by atoms with Crippen LogP contribution in [0.4, 0.5) is 0 Å². The molecule has 0 saturated carbocycles. The zero-order chi connectivity index (χ0) is 15.5. The van der Waals surface area contributed by atoms with Crippen molar-refractivity contribution >= 4 is 11.8 Å². The van der Waals surface area contributed by atoms with Gasteiger partial charge in [0.25, 0.3) is 5.91 Å². The molecule has 1 aromatic heterocycles. The number of nitrogens with one attached hydrogen (secondary N) is 1. The van der Waals surface area contributed by atoms with Crippen molar-refractivity contribution in [2.24, 2.45) is 0 Å². The number of carbonyl (C=O) groups excluding carboxylic acids is 2. The molecule has 0 atom stereocenters. The topological polar surface area (TPSA) is 67.2 Å². The average Bonchev–Trinajstić information content (AvgIpc) is 3.03. The van der Waals surface area contributed by atoms with Crippen LogP contribution in [0.5, 0.6) is 0 Å². The summed E-state index contributed by atoms with van der Waals surface area (Å²) in [6.45, 7) is 8.26. The highest BCUT2D eigenvalue weighted by molar-refractivity contribution is 5.93. The maximum Gasteiger partial charge on any atom is 0.254 e. The van der Waals surface area contributed by atoms with Crippen molar-refractivity contribution in [3.63, 3.8) is 0 Å². The van der Waals surface area contributed by atoms with Gasteiger partial charge in [0.15, 0.2) is 0 Å². The number of aromatic nitrogens is 2. The number of carbonyl (C=O) groups is 2. The predicted molar refractivity (Wildman–Crippen MR) is 80.0 cm³/mol. The minimum atomic E-state index is -0.130. The van der Waals surface area contributed by atoms with Crippen molar-refractivity contribution < 1.29 is 9.59 Å². The van der Waals surface area contributed by atoms with E-state index in [1.54, 1.807) is 17.1 Å². The minimum absolute atomic E-state index is 0.113. The average molecular weight is 292 g/mol. The lowest BCUT2D eigenvalue weighted by atomic mass is 10.1. The Balaban J connectivity index is 1.74. The van der Waals surface area contributed by atoms with E-state index in [-0.39, 0.29) is 17.4 Å². The Morgan fingerprint density at radius 1 is 1.43 bits per heavy atom. The van der Waals surface area contributed by atoms with Crippen molar-refractivity contribution in [3.05, 3.63) is 18.0 Å². The first-order valence-corrected chi connectivity index (χ1v) is 7.49. The van der Waals surface area contributed by atoms with E-state index in [9.17, 15) is 9.59 Å². The third kappa shape index (κ3) is 4.06. The Morgan fingerprint density at radius 2 is 2.19 bits per heavy atom. The molecule has 0 spiro atoms. The van der Waals surface area contributed by atoms with Crippen LogP contribution < -0.4 is 5.32 Å². The molecular weight excluding hydrogens is 268 g/mol. The van der Waals surface area contributed by atoms with Crippen molar-refractivity contribution in [1.29, 1.82) is 0 Å². The number of likely N-dealkylation sites (tertiary alicyclic amines) is 1. The van der Waals surface area contributed by atoms with Crippen LogP contribution in [0, 0.1) is 0 Å². The lowest BCUT2D eigenvalue weighted by molar-refractivity contribution is -0.127. The Kier molecular flexibility index (Phi) is 4.65. The summed E-state index contributed by atoms with van der Waals surface area (Å²) in [6.07, 6.45) is 5.75. The van der Waals surface area contributed by atoms with E-state index < -0.39 is 0 Å². The molecule has 2 rings (SSSR count). The summed E-state index contributed by atoms with van der Waals surface area (Å²) < 4.78 is 1.78. The van der Waals surface area contributed by atoms with Crippen LogP contribution >= 0.6 is 0 Å². The van der Waals surface area contributed by atoms with Crippen molar-refractivity contribution in [3.8, 4) is 0 Å². The molecule has 6 nitrogen and oxygen atoms in total. The van der Waals surface area contributed by atoms with Crippen molar-refractivity contribution in [2.75, 3.05) is 19.6 Å². The summed E-state index contributed by atoms with van der Waals surface area (Å²) in [5.41, 5.74) is 0.441. The fourth-order valence-corrected chi connectivity index (χ4v) is 2.32. The molecule has 116 valence electrons. The highest BCUT2D eigenvalue weighted by atomic mass is 16.2. The number of nitrogens with zero attached hydrogens (tertiary/aromatic N) is 3. The first-order valence-electron chi connectivity index (χ1n) is 7.49. The quantitative estimate of drug-likeness (QED) is 0.834. The minimum Gasteiger partial charge on any atom is -0.352 e. The van der Waals surface area contributed by atoms with E-state index in [0.717, 1.165) is 25.9 Å². The van der Waals surface area contributed by atoms with Gasteiger partial charge in [0.1, 0.15) is 0 Å². The van der Waals surface area contributed by atoms with E-state index in [1.807, 2.05) is 25.7 Å². The number of amides is 2. The van der Waals surface area contributed by atoms with Crippen molar-refractivity contribution in [2.45, 2.75) is 45.6 Å². The van der Waals surface area contributed by atoms with E-state index in [0.29, 0.717) is 18.5 Å². The van der Waals surface area contributed by atoms with Crippen LogP contribution in [-0.4, -0.2) is 46.1 Å². The molecule has 0 aromatic carbocycles. The summed E-state index contributed by atoms with van der Waals surface area (Å²) in [5.74, 6) is 0.117. The smallest absolute Gasteiger partial charge is 0.254 e. The molecule has 2 amide bonds. The molecule has 0 radical (unpaired) electrons. The highest BCUT2D eigenvalue weighted by Crippen LogP contribution is 2.13. The molecule has 1 aliphatic rings. The molecule has 0 unspecified atom stereocenters. The van der Waals surface area contributed by atoms with Gasteiger partial charge >= 0.3 is 0 Å². The lowest BCUT2D eigenvalue weighted by Gasteiger charge is -2.18. The normalized spacial score (nSPS) is 15.6. The lowest BCUT2D eigenvalue weighted by Crippen LogP contribution is -2.30. The maximum atomic E-state index is 12.0. The standard InChI is InChI=1S/C15H24N4O2/c1-15(2,3)19-11-12(10-17-19)14(21)16-7-5-9-18-8-4-6-13(18)20/h10-11H,4-9H2,1-3H3,(H,16,21). The van der Waals surface area contributed by atoms with E-state index >= 15 is 0 Å². The molecule has 0 bridgehead atoms. The molecule has 21 heavy (non-hydrogen) atoms. The van der Waals surface area contributed by atoms with E-state index in [4.69, 9.17) is 0 Å². The Morgan fingerprint density at radius 3 is 2.76 bits per heavy atom. The van der Waals surface area contributed by atoms with Gasteiger partial charge < -0.3 is 10.2 Å². The van der Waals surface area contributed by atoms with Gasteiger partial charge in [-0.1, -0.05) is 0 Å². The summed E-state index contributed by atoms with van der Waals surface area (Å²) in [5, 5.41) is 7.08. The van der Waals surface area contributed by atoms with Gasteiger partial charge in [0.05, 0.1) is 17.3 Å². The van der Waals surface area contributed by atoms with Crippen LogP contribution in [0.15, 0.2) is 12.4 Å². The second-order valence-electron chi connectivity index (χ2n) is 6.44. The molecule has 1 aliphatic heterocycles. The second kappa shape index (κ2) is 6.28. The molecule has 1 saturated heterocycles. The van der Waals surface area contributed by atoms with Gasteiger partial charge in [0, 0.05) is 32.3 Å². The van der Waals surface area contributed by atoms with Gasteiger partial charge in [0.2, 0.25) is 5.91 Å². The van der Waals surface area contributed by atoms with Crippen LogP contribution in [0.3, 0.4) is 0 Å². The van der Waals surface area contributed by atoms with Gasteiger partial charge in [-0.3, -0.25) is 14.3 Å². The monoisotopic (exact) mass is 292 g/mol. The van der Waals surface area contributed by atoms with Crippen LogP contribution in [0.1, 0.15) is 50.4 Å². The molecule has 2 heterocycles. The van der Waals surface area contributed by atoms with Crippen LogP contribution in [-0.2, 0) is 10.3 Å². The molecule has 6 heteroatoms. The highest BCUT2D eigenvalue weighted by Gasteiger charge is 2.19. The van der Waals surface area contributed by atoms with Crippen molar-refractivity contribution in [1.82, 2.24) is 20.0 Å². The summed E-state index contributed by atoms with van der Waals surface area (Å²) in [7, 11) is 0. The first-order chi connectivity index (χ1) is 9.88. The molecule has 1 fully saturated rings. The summed E-state index contributed by atoms with van der Waals surface area (Å²) in [6, 6.07) is 0. The first kappa shape index (κ1) is 15.5. The van der Waals surface area contributed by atoms with Crippen LogP contribution in [0.25, 0.3) is 0 Å². The fraction of sp³-hybridized carbons (Fsp3) is 0.667. The van der Waals surface area contributed by atoms with E-state index in [2.05, 4.69) is 10.4 Å². The van der Waals surface area contributed by atoms with Crippen LogP contribution in [0.2, 0.25) is 0 Å². The predicted octanol–water partition coefficient (Wildman–Crippen LogP) is 1.38. The Bertz CT molecular complexity index is 516. The molecule has 0 aliphatic carbocycles. The number of rotatable bonds is 5. The molecular formula is C15H24N4O2. The Hall–Kier alpha value is -1.85. The molecule has 1 N–H and O–H groups in total. The summed E-state index contributed by atoms with van der Waals surface area (Å²) in [4.78, 5) is 25.3. The molecule has 1 aromatic rings. The van der Waals surface area contributed by atoms with E-state index in [1.165, 1.54) is 0 Å². The fourth-order valence-electron chi connectivity index (χ4n) is 2.32. The number of hydrogen-bond acceptors (Lipinski definition) is 3. The zero-order valence-electron chi connectivity index (χ0n) is 13.1. The van der Waals surface area contributed by atoms with Gasteiger partial charge in [-0.2, -0.15) is 5.10 Å². The van der Waals surface area contributed by atoms with Gasteiger partial charge in [-0.15, -0.1) is 0 Å². The third-order valence-corrected chi connectivity index (χ3v) is 3.59. The SMILES string of the molecule is CC(C)(C)n1cc(C(=O)NCCCN2CCCC2=O)cn1. The third-order valence-electron chi connectivity index (χ3n) is 3.59. The number of hydrogen-bond donors (Lipinski definition) is 1. The van der Waals surface area contributed by atoms with Gasteiger partial charge in [-0.25, -0.2) is 0 Å². The Labute approximate surface area is 125 Å². The zero-order valence-corrected chi connectivity index (χ0v) is 13.1. The summed E-state index contributed by atoms with van der Waals surface area (Å²) >= 11 is 0. The van der Waals surface area contributed by atoms with Gasteiger partial charge in [-0.05, 0) is 33.6 Å². The maximum absolute atomic E-state index is 12.0.